The van der Waals surface area contributed by atoms with Crippen molar-refractivity contribution in [2.24, 2.45) is 11.8 Å². The number of aromatic carboxylic acids is 1. The maximum Gasteiger partial charge on any atom is 0.345 e. The fourth-order valence-corrected chi connectivity index (χ4v) is 5.23. The lowest BCUT2D eigenvalue weighted by Crippen LogP contribution is -2.18. The number of allylic oxidation sites excluding steroid dienone is 1. The van der Waals surface area contributed by atoms with Crippen molar-refractivity contribution in [3.63, 3.8) is 0 Å². The summed E-state index contributed by atoms with van der Waals surface area (Å²) >= 11 is 19.8. The summed E-state index contributed by atoms with van der Waals surface area (Å²) in [4.78, 5) is 12.2. The lowest BCUT2D eigenvalue weighted by Gasteiger charge is -2.19. The van der Waals surface area contributed by atoms with Crippen LogP contribution < -0.4 is 0 Å². The minimum Gasteiger partial charge on any atom is -0.477 e. The average Bonchev–Trinajstić information content (AvgIpc) is 3.18. The van der Waals surface area contributed by atoms with Gasteiger partial charge in [-0.05, 0) is 60.7 Å². The van der Waals surface area contributed by atoms with Gasteiger partial charge < -0.3 is 10.2 Å². The number of hydrogen-bond acceptors (Lipinski definition) is 3. The van der Waals surface area contributed by atoms with Crippen molar-refractivity contribution in [1.29, 1.82) is 0 Å². The van der Waals surface area contributed by atoms with E-state index in [0.29, 0.717) is 27.8 Å². The Balaban J connectivity index is 1.70. The number of carboxylic acid groups (broad SMARTS) is 1. The summed E-state index contributed by atoms with van der Waals surface area (Å²) in [6, 6.07) is 8.68. The highest BCUT2D eigenvalue weighted by atomic mass is 35.5. The fraction of sp³-hybridized carbons (Fsp3) is 0.286. The van der Waals surface area contributed by atoms with Gasteiger partial charge in [-0.1, -0.05) is 41.4 Å². The molecule has 0 saturated heterocycles. The molecular formula is C21H19Cl3O3S. The van der Waals surface area contributed by atoms with Crippen LogP contribution >= 0.6 is 46.1 Å². The van der Waals surface area contributed by atoms with E-state index in [-0.39, 0.29) is 17.2 Å². The molecule has 1 aliphatic rings. The van der Waals surface area contributed by atoms with E-state index >= 15 is 0 Å². The summed E-state index contributed by atoms with van der Waals surface area (Å²) in [5, 5.41) is 20.4. The van der Waals surface area contributed by atoms with E-state index in [1.54, 1.807) is 18.2 Å². The van der Waals surface area contributed by atoms with Gasteiger partial charge in [0.25, 0.3) is 0 Å². The molecule has 1 aliphatic carbocycles. The highest BCUT2D eigenvalue weighted by Gasteiger charge is 2.39. The first kappa shape index (κ1) is 21.4. The number of carbonyl (C=O) groups is 1. The standard InChI is InChI=1S/C21H19Cl3O3S/c22-13-8-12(9-14(23)10-13)4-6-17-16(18(24)11-19(17)25)3-1-2-15-5-7-20(28-15)21(26)27/h1-2,4-10,16-19,25H,3,11H2,(H,26,27)/t16?,17-,18-,19?/m1/s1. The molecule has 1 fully saturated rings. The predicted molar refractivity (Wildman–Crippen MR) is 118 cm³/mol. The molecule has 1 aromatic heterocycles. The summed E-state index contributed by atoms with van der Waals surface area (Å²) in [7, 11) is 0. The molecule has 1 saturated carbocycles. The monoisotopic (exact) mass is 456 g/mol. The van der Waals surface area contributed by atoms with Crippen molar-refractivity contribution in [3.8, 4) is 0 Å². The fourth-order valence-electron chi connectivity index (χ4n) is 3.46. The zero-order valence-corrected chi connectivity index (χ0v) is 17.8. The van der Waals surface area contributed by atoms with Gasteiger partial charge in [-0.3, -0.25) is 0 Å². The molecule has 3 rings (SSSR count). The maximum atomic E-state index is 11.0. The Morgan fingerprint density at radius 3 is 2.54 bits per heavy atom. The van der Waals surface area contributed by atoms with Gasteiger partial charge in [0.1, 0.15) is 4.88 Å². The Morgan fingerprint density at radius 1 is 1.18 bits per heavy atom. The quantitative estimate of drug-likeness (QED) is 0.488. The van der Waals surface area contributed by atoms with Crippen LogP contribution in [0.2, 0.25) is 10.0 Å². The van der Waals surface area contributed by atoms with Crippen molar-refractivity contribution >= 4 is 64.3 Å². The second kappa shape index (κ2) is 9.47. The second-order valence-electron chi connectivity index (χ2n) is 6.77. The molecule has 0 radical (unpaired) electrons. The first-order valence-electron chi connectivity index (χ1n) is 8.79. The molecule has 148 valence electrons. The molecule has 4 atom stereocenters. The first-order valence-corrected chi connectivity index (χ1v) is 10.8. The maximum absolute atomic E-state index is 11.0. The predicted octanol–water partition coefficient (Wildman–Crippen LogP) is 6.47. The summed E-state index contributed by atoms with van der Waals surface area (Å²) in [6.07, 6.45) is 8.50. The topological polar surface area (TPSA) is 57.5 Å². The molecule has 2 N–H and O–H groups in total. The Labute approximate surface area is 182 Å². The van der Waals surface area contributed by atoms with E-state index in [9.17, 15) is 9.90 Å². The summed E-state index contributed by atoms with van der Waals surface area (Å²) < 4.78 is 0. The van der Waals surface area contributed by atoms with Gasteiger partial charge in [0.2, 0.25) is 0 Å². The number of alkyl halides is 1. The first-order chi connectivity index (χ1) is 13.3. The van der Waals surface area contributed by atoms with Crippen LogP contribution in [0.3, 0.4) is 0 Å². The molecule has 7 heteroatoms. The normalized spacial score (nSPS) is 25.1. The van der Waals surface area contributed by atoms with Gasteiger partial charge in [-0.2, -0.15) is 0 Å². The second-order valence-corrected chi connectivity index (χ2v) is 9.32. The molecule has 0 bridgehead atoms. The van der Waals surface area contributed by atoms with Crippen LogP contribution in [0.25, 0.3) is 12.2 Å². The van der Waals surface area contributed by atoms with E-state index in [1.807, 2.05) is 36.4 Å². The summed E-state index contributed by atoms with van der Waals surface area (Å²) in [5.41, 5.74) is 0.872. The van der Waals surface area contributed by atoms with Gasteiger partial charge in [0.05, 0.1) is 6.10 Å². The van der Waals surface area contributed by atoms with E-state index < -0.39 is 12.1 Å². The lowest BCUT2D eigenvalue weighted by atomic mass is 9.90. The number of halogens is 3. The molecule has 1 aromatic carbocycles. The van der Waals surface area contributed by atoms with E-state index in [1.165, 1.54) is 11.3 Å². The molecule has 0 aliphatic heterocycles. The van der Waals surface area contributed by atoms with Crippen LogP contribution in [0.1, 0.15) is 33.0 Å². The van der Waals surface area contributed by atoms with Crippen LogP contribution in [-0.4, -0.2) is 27.7 Å². The highest BCUT2D eigenvalue weighted by Crippen LogP contribution is 2.40. The van der Waals surface area contributed by atoms with Crippen LogP contribution in [0.4, 0.5) is 0 Å². The number of carboxylic acids is 1. The zero-order chi connectivity index (χ0) is 20.3. The number of thiophene rings is 1. The smallest absolute Gasteiger partial charge is 0.345 e. The number of benzene rings is 1. The van der Waals surface area contributed by atoms with E-state index in [2.05, 4.69) is 0 Å². The Morgan fingerprint density at radius 2 is 1.89 bits per heavy atom. The van der Waals surface area contributed by atoms with E-state index in [0.717, 1.165) is 10.4 Å². The summed E-state index contributed by atoms with van der Waals surface area (Å²) in [6.45, 7) is 0. The average molecular weight is 458 g/mol. The SMILES string of the molecule is O=C(O)c1ccc(C=CCC2[C@@H](C=Cc3cc(Cl)cc(Cl)c3)C(O)C[C@H]2Cl)s1. The van der Waals surface area contributed by atoms with Crippen molar-refractivity contribution in [1.82, 2.24) is 0 Å². The van der Waals surface area contributed by atoms with Crippen molar-refractivity contribution in [2.75, 3.05) is 0 Å². The molecule has 3 nitrogen and oxygen atoms in total. The third-order valence-electron chi connectivity index (χ3n) is 4.79. The molecule has 28 heavy (non-hydrogen) atoms. The highest BCUT2D eigenvalue weighted by molar-refractivity contribution is 7.14. The minimum atomic E-state index is -0.921. The minimum absolute atomic E-state index is 0.0807. The Kier molecular flexibility index (Phi) is 7.24. The number of aliphatic hydroxyl groups is 1. The lowest BCUT2D eigenvalue weighted by molar-refractivity contribution is 0.0702. The van der Waals surface area contributed by atoms with Gasteiger partial charge in [-0.25, -0.2) is 4.79 Å². The van der Waals surface area contributed by atoms with Gasteiger partial charge in [0, 0.05) is 26.2 Å². The summed E-state index contributed by atoms with van der Waals surface area (Å²) in [5.74, 6) is -0.920. The molecule has 2 unspecified atom stereocenters. The number of aliphatic hydroxyl groups excluding tert-OH is 1. The van der Waals surface area contributed by atoms with Crippen LogP contribution in [0.5, 0.6) is 0 Å². The van der Waals surface area contributed by atoms with Gasteiger partial charge in [0.15, 0.2) is 0 Å². The Bertz CT molecular complexity index is 886. The third-order valence-corrected chi connectivity index (χ3v) is 6.77. The number of rotatable bonds is 6. The molecule has 0 amide bonds. The molecular weight excluding hydrogens is 439 g/mol. The molecule has 2 aromatic rings. The van der Waals surface area contributed by atoms with Gasteiger partial charge >= 0.3 is 5.97 Å². The Hall–Kier alpha value is -1.30. The van der Waals surface area contributed by atoms with Gasteiger partial charge in [-0.15, -0.1) is 22.9 Å². The van der Waals surface area contributed by atoms with Crippen molar-refractivity contribution < 1.29 is 15.0 Å². The van der Waals surface area contributed by atoms with E-state index in [4.69, 9.17) is 39.9 Å². The van der Waals surface area contributed by atoms with Crippen LogP contribution in [-0.2, 0) is 0 Å². The van der Waals surface area contributed by atoms with Crippen molar-refractivity contribution in [3.05, 3.63) is 67.8 Å². The van der Waals surface area contributed by atoms with Crippen molar-refractivity contribution in [2.45, 2.75) is 24.3 Å². The number of hydrogen-bond donors (Lipinski definition) is 2. The molecule has 1 heterocycles. The van der Waals surface area contributed by atoms with Crippen LogP contribution in [0, 0.1) is 11.8 Å². The zero-order valence-electron chi connectivity index (χ0n) is 14.8. The van der Waals surface area contributed by atoms with Crippen LogP contribution in [0.15, 0.2) is 42.5 Å². The largest absolute Gasteiger partial charge is 0.477 e. The third kappa shape index (κ3) is 5.40. The molecule has 0 spiro atoms.